The molecule has 0 fully saturated rings. The van der Waals surface area contributed by atoms with Crippen molar-refractivity contribution in [2.45, 2.75) is 19.3 Å². The molecule has 1 heterocycles. The fraction of sp³-hybridized carbons (Fsp3) is 0.385. The number of hydrogen-bond acceptors (Lipinski definition) is 2. The molecular weight excluding hydrogens is 257 g/mol. The number of alkyl halides is 3. The molecule has 0 aliphatic carbocycles. The van der Waals surface area contributed by atoms with Gasteiger partial charge in [0.2, 0.25) is 0 Å². The van der Waals surface area contributed by atoms with Crippen molar-refractivity contribution >= 4 is 10.9 Å². The zero-order valence-corrected chi connectivity index (χ0v) is 10.3. The van der Waals surface area contributed by atoms with E-state index in [1.165, 1.54) is 0 Å². The Kier molecular flexibility index (Phi) is 4.11. The molecule has 1 aromatic heterocycles. The van der Waals surface area contributed by atoms with Crippen molar-refractivity contribution in [2.24, 2.45) is 5.73 Å². The third-order valence-electron chi connectivity index (χ3n) is 2.82. The first kappa shape index (κ1) is 13.9. The SMILES string of the molecule is NCc1ccc2ccn(CCOCC(F)(F)F)c2c1. The van der Waals surface area contributed by atoms with E-state index in [2.05, 4.69) is 4.74 Å². The molecular formula is C13H15F3N2O. The van der Waals surface area contributed by atoms with Crippen molar-refractivity contribution in [3.63, 3.8) is 0 Å². The van der Waals surface area contributed by atoms with Gasteiger partial charge in [-0.2, -0.15) is 13.2 Å². The van der Waals surface area contributed by atoms with Crippen LogP contribution in [0, 0.1) is 0 Å². The Morgan fingerprint density at radius 1 is 1.21 bits per heavy atom. The molecule has 6 heteroatoms. The highest BCUT2D eigenvalue weighted by Crippen LogP contribution is 2.18. The first-order valence-corrected chi connectivity index (χ1v) is 5.92. The van der Waals surface area contributed by atoms with Crippen LogP contribution < -0.4 is 5.73 Å². The van der Waals surface area contributed by atoms with Crippen molar-refractivity contribution in [3.05, 3.63) is 36.0 Å². The lowest BCUT2D eigenvalue weighted by molar-refractivity contribution is -0.174. The quantitative estimate of drug-likeness (QED) is 0.850. The van der Waals surface area contributed by atoms with Crippen LogP contribution in [0.5, 0.6) is 0 Å². The van der Waals surface area contributed by atoms with Crippen LogP contribution in [0.2, 0.25) is 0 Å². The zero-order valence-electron chi connectivity index (χ0n) is 10.3. The van der Waals surface area contributed by atoms with E-state index in [0.29, 0.717) is 13.1 Å². The Bertz CT molecular complexity index is 548. The minimum Gasteiger partial charge on any atom is -0.370 e. The summed E-state index contributed by atoms with van der Waals surface area (Å²) in [7, 11) is 0. The summed E-state index contributed by atoms with van der Waals surface area (Å²) in [5.74, 6) is 0. The molecule has 0 unspecified atom stereocenters. The zero-order chi connectivity index (χ0) is 13.9. The Morgan fingerprint density at radius 3 is 2.68 bits per heavy atom. The second-order valence-electron chi connectivity index (χ2n) is 4.27. The number of nitrogens with zero attached hydrogens (tertiary/aromatic N) is 1. The van der Waals surface area contributed by atoms with Gasteiger partial charge < -0.3 is 15.0 Å². The van der Waals surface area contributed by atoms with Crippen molar-refractivity contribution in [3.8, 4) is 0 Å². The smallest absolute Gasteiger partial charge is 0.370 e. The topological polar surface area (TPSA) is 40.2 Å². The maximum Gasteiger partial charge on any atom is 0.411 e. The maximum atomic E-state index is 11.9. The molecule has 2 aromatic rings. The standard InChI is InChI=1S/C13H15F3N2O/c14-13(15,16)9-19-6-5-18-4-3-11-2-1-10(8-17)7-12(11)18/h1-4,7H,5-6,8-9,17H2. The minimum atomic E-state index is -4.27. The van der Waals surface area contributed by atoms with E-state index in [1.54, 1.807) is 0 Å². The highest BCUT2D eigenvalue weighted by atomic mass is 19.4. The molecule has 0 amide bonds. The summed E-state index contributed by atoms with van der Waals surface area (Å²) >= 11 is 0. The van der Waals surface area contributed by atoms with E-state index < -0.39 is 12.8 Å². The van der Waals surface area contributed by atoms with Crippen molar-refractivity contribution in [2.75, 3.05) is 13.2 Å². The van der Waals surface area contributed by atoms with E-state index in [-0.39, 0.29) is 6.61 Å². The molecule has 2 N–H and O–H groups in total. The highest BCUT2D eigenvalue weighted by Gasteiger charge is 2.27. The third-order valence-corrected chi connectivity index (χ3v) is 2.82. The van der Waals surface area contributed by atoms with Gasteiger partial charge in [-0.05, 0) is 23.1 Å². The van der Waals surface area contributed by atoms with Gasteiger partial charge in [-0.1, -0.05) is 12.1 Å². The molecule has 0 spiro atoms. The van der Waals surface area contributed by atoms with Crippen LogP contribution in [0.3, 0.4) is 0 Å². The first-order valence-electron chi connectivity index (χ1n) is 5.92. The summed E-state index contributed by atoms with van der Waals surface area (Å²) in [6.07, 6.45) is -2.44. The summed E-state index contributed by atoms with van der Waals surface area (Å²) in [5, 5.41) is 1.04. The van der Waals surface area contributed by atoms with Gasteiger partial charge in [0.25, 0.3) is 0 Å². The van der Waals surface area contributed by atoms with Crippen LogP contribution in [-0.2, 0) is 17.8 Å². The summed E-state index contributed by atoms with van der Waals surface area (Å²) < 4.78 is 42.3. The average Bonchev–Trinajstić information content (AvgIpc) is 2.76. The molecule has 0 bridgehead atoms. The molecule has 0 atom stereocenters. The predicted molar refractivity (Wildman–Crippen MR) is 66.7 cm³/mol. The molecule has 104 valence electrons. The summed E-state index contributed by atoms with van der Waals surface area (Å²) in [4.78, 5) is 0. The first-order chi connectivity index (χ1) is 8.99. The summed E-state index contributed by atoms with van der Waals surface area (Å²) in [6, 6.07) is 7.75. The van der Waals surface area contributed by atoms with Crippen LogP contribution in [0.4, 0.5) is 13.2 Å². The normalized spacial score (nSPS) is 12.2. The van der Waals surface area contributed by atoms with Gasteiger partial charge in [-0.15, -0.1) is 0 Å². The van der Waals surface area contributed by atoms with Gasteiger partial charge in [0, 0.05) is 24.8 Å². The number of nitrogens with two attached hydrogens (primary N) is 1. The molecule has 1 aromatic carbocycles. The van der Waals surface area contributed by atoms with Crippen molar-refractivity contribution < 1.29 is 17.9 Å². The van der Waals surface area contributed by atoms with Crippen LogP contribution >= 0.6 is 0 Å². The average molecular weight is 272 g/mol. The van der Waals surface area contributed by atoms with Crippen LogP contribution in [0.25, 0.3) is 10.9 Å². The van der Waals surface area contributed by atoms with Crippen molar-refractivity contribution in [1.29, 1.82) is 0 Å². The molecule has 0 radical (unpaired) electrons. The molecule has 19 heavy (non-hydrogen) atoms. The second kappa shape index (κ2) is 5.63. The molecule has 0 aliphatic rings. The number of halogens is 3. The maximum absolute atomic E-state index is 11.9. The van der Waals surface area contributed by atoms with Gasteiger partial charge in [0.05, 0.1) is 6.61 Å². The van der Waals surface area contributed by atoms with E-state index in [9.17, 15) is 13.2 Å². The fourth-order valence-electron chi connectivity index (χ4n) is 1.90. The Hall–Kier alpha value is -1.53. The summed E-state index contributed by atoms with van der Waals surface area (Å²) in [5.41, 5.74) is 7.52. The van der Waals surface area contributed by atoms with Crippen LogP contribution in [0.15, 0.2) is 30.5 Å². The molecule has 0 aliphatic heterocycles. The number of fused-ring (bicyclic) bond motifs is 1. The lowest BCUT2D eigenvalue weighted by atomic mass is 10.2. The van der Waals surface area contributed by atoms with E-state index in [0.717, 1.165) is 16.5 Å². The van der Waals surface area contributed by atoms with E-state index >= 15 is 0 Å². The van der Waals surface area contributed by atoms with Gasteiger partial charge in [-0.25, -0.2) is 0 Å². The minimum absolute atomic E-state index is 0.0240. The predicted octanol–water partition coefficient (Wildman–Crippen LogP) is 2.68. The lowest BCUT2D eigenvalue weighted by Gasteiger charge is -2.09. The largest absolute Gasteiger partial charge is 0.411 e. The van der Waals surface area contributed by atoms with Crippen molar-refractivity contribution in [1.82, 2.24) is 4.57 Å². The highest BCUT2D eigenvalue weighted by molar-refractivity contribution is 5.80. The number of rotatable bonds is 5. The monoisotopic (exact) mass is 272 g/mol. The Balaban J connectivity index is 2.00. The van der Waals surface area contributed by atoms with E-state index in [1.807, 2.05) is 35.0 Å². The van der Waals surface area contributed by atoms with E-state index in [4.69, 9.17) is 5.73 Å². The fourth-order valence-corrected chi connectivity index (χ4v) is 1.90. The molecule has 2 rings (SSSR count). The third kappa shape index (κ3) is 3.71. The number of benzene rings is 1. The second-order valence-corrected chi connectivity index (χ2v) is 4.27. The Morgan fingerprint density at radius 2 is 2.00 bits per heavy atom. The number of ether oxygens (including phenoxy) is 1. The van der Waals surface area contributed by atoms with Crippen LogP contribution in [-0.4, -0.2) is 24.0 Å². The number of hydrogen-bond donors (Lipinski definition) is 1. The van der Waals surface area contributed by atoms with Crippen LogP contribution in [0.1, 0.15) is 5.56 Å². The van der Waals surface area contributed by atoms with Gasteiger partial charge in [-0.3, -0.25) is 0 Å². The molecule has 0 saturated carbocycles. The Labute approximate surface area is 108 Å². The summed E-state index contributed by atoms with van der Waals surface area (Å²) in [6.45, 7) is -0.365. The molecule has 3 nitrogen and oxygen atoms in total. The van der Waals surface area contributed by atoms with Gasteiger partial charge >= 0.3 is 6.18 Å². The van der Waals surface area contributed by atoms with Gasteiger partial charge in [0.15, 0.2) is 0 Å². The number of aromatic nitrogens is 1. The lowest BCUT2D eigenvalue weighted by Crippen LogP contribution is -2.18. The molecule has 0 saturated heterocycles. The van der Waals surface area contributed by atoms with Gasteiger partial charge in [0.1, 0.15) is 6.61 Å².